The van der Waals surface area contributed by atoms with Crippen molar-refractivity contribution in [3.63, 3.8) is 0 Å². The molecule has 0 amide bonds. The fraction of sp³-hybridized carbons (Fsp3) is 0.457. The van der Waals surface area contributed by atoms with E-state index < -0.39 is 195 Å². The number of halogens is 24. The minimum absolute atomic E-state index is 0. The molecule has 547 valence electrons. The number of anilines is 1. The second-order valence-corrected chi connectivity index (χ2v) is 26.8. The molecule has 0 unspecified atom stereocenters. The van der Waals surface area contributed by atoms with Gasteiger partial charge in [0, 0.05) is 44.5 Å². The monoisotopic (exact) mass is 1620 g/mol. The van der Waals surface area contributed by atoms with Crippen LogP contribution in [-0.2, 0) is 74.3 Å². The first-order valence-electron chi connectivity index (χ1n) is 31.7. The van der Waals surface area contributed by atoms with E-state index in [0.717, 1.165) is 43.2 Å². The molecule has 100 heavy (non-hydrogen) atoms. The van der Waals surface area contributed by atoms with Crippen molar-refractivity contribution < 1.29 is 130 Å². The molecule has 0 aromatic heterocycles. The fourth-order valence-corrected chi connectivity index (χ4v) is 14.8. The number of aliphatic imine (C=N–C) groups is 1. The van der Waals surface area contributed by atoms with Gasteiger partial charge in [0.2, 0.25) is 6.67 Å². The van der Waals surface area contributed by atoms with Gasteiger partial charge in [-0.1, -0.05) is 94.4 Å². The normalized spacial score (nSPS) is 21.6. The van der Waals surface area contributed by atoms with Crippen molar-refractivity contribution in [2.24, 2.45) is 28.2 Å². The van der Waals surface area contributed by atoms with Gasteiger partial charge in [-0.15, -0.1) is 0 Å². The third kappa shape index (κ3) is 18.3. The van der Waals surface area contributed by atoms with Gasteiger partial charge in [-0.2, -0.15) is 127 Å². The Kier molecular flexibility index (Phi) is 23.6. The molecule has 7 aliphatic rings. The van der Waals surface area contributed by atoms with Gasteiger partial charge in [0.05, 0.1) is 56.2 Å². The molecule has 5 aliphatic carbocycles. The van der Waals surface area contributed by atoms with Crippen molar-refractivity contribution >= 4 is 39.6 Å². The van der Waals surface area contributed by atoms with Crippen LogP contribution in [0.3, 0.4) is 0 Å². The molecule has 0 N–H and O–H groups in total. The van der Waals surface area contributed by atoms with Crippen molar-refractivity contribution in [2.75, 3.05) is 18.1 Å². The van der Waals surface area contributed by atoms with Crippen molar-refractivity contribution in [1.29, 1.82) is 0 Å². The van der Waals surface area contributed by atoms with Crippen LogP contribution in [0.5, 0.6) is 0 Å². The Morgan fingerprint density at radius 3 is 1.01 bits per heavy atom. The summed E-state index contributed by atoms with van der Waals surface area (Å²) < 4.78 is 347. The number of hydrogen-bond donors (Lipinski definition) is 0. The predicted octanol–water partition coefficient (Wildman–Crippen LogP) is 20.5. The summed E-state index contributed by atoms with van der Waals surface area (Å²) in [5, 5.41) is 0. The van der Waals surface area contributed by atoms with Gasteiger partial charge in [0.15, 0.2) is 5.90 Å². The largest absolute Gasteiger partial charge is 0.478 e. The number of hydrogen-bond acceptors (Lipinski definition) is 4. The first kappa shape index (κ1) is 79.6. The summed E-state index contributed by atoms with van der Waals surface area (Å²) in [5.41, 5.74) is -25.8. The first-order chi connectivity index (χ1) is 45.7. The molecule has 7 radical (unpaired) electrons. The molecule has 5 aromatic rings. The molecule has 0 spiro atoms. The standard InChI is InChI=1S/C32H12BF24.C30H41N3O.C8H12.Ir/c34-25(35,36)13-1-14(26(37,38)39)6-21(5-13)33(22-7-15(27(40,41)42)2-16(8-22)28(43,44)45,23-9-17(29(46,47)48)3-18(10-23)30(49,50)51)24-11-19(31(52,53)54)4-20(12-24)32(55,56)57;1-20(2)26-6-5-7-27(21(3)4)28(26)33-11-10-32(19-33)9-8-25-18-34-29(31-25)30-15-22-12-23(16-30)14-24(13-22)17-30;1-2-4-6-8-7-5-3-1;/h1-12H;5-7,10-11,20-25H,8-9,12-18H2,1-4H3;1-2,7-8H,3-6H2;/q-1;;;/t;22?,23?,24?,25-,30?;;/m.0../s1. The average molecular weight is 1620 g/mol. The summed E-state index contributed by atoms with van der Waals surface area (Å²) in [6.45, 7) is 14.4. The number of nitrogens with zero attached hydrogens (tertiary/aromatic N) is 3. The Balaban J connectivity index is 0.000000246. The number of para-hydroxylation sites is 1. The number of benzene rings is 5. The minimum atomic E-state index is -6.13. The minimum Gasteiger partial charge on any atom is -0.478 e. The molecular weight excluding hydrogens is 1560 g/mol. The van der Waals surface area contributed by atoms with Gasteiger partial charge in [-0.3, -0.25) is 0 Å². The summed E-state index contributed by atoms with van der Waals surface area (Å²) in [6.07, 6.45) is -27.0. The Morgan fingerprint density at radius 1 is 0.450 bits per heavy atom. The van der Waals surface area contributed by atoms with E-state index in [4.69, 9.17) is 9.73 Å². The number of rotatable bonds is 11. The SMILES string of the molecule is CC(C)c1cccc(C(C)C)c1N1[C]N(CC[C@H]2COC(C34CC5CC(CC(C5)C3)C4)=N2)C=C1.FC(F)(F)c1cc([B-](c2cc(C(F)(F)F)cc(C(F)(F)F)c2)(c2cc(C(F)(F)F)cc(C(F)(F)F)c2)c2cc(C(F)(F)F)cc(C(F)(F)F)c2)cc(C(F)(F)F)c1.[CH]1[CH]CC[CH][CH]CC1.[Ir]. The zero-order valence-corrected chi connectivity index (χ0v) is 55.9. The van der Waals surface area contributed by atoms with Crippen LogP contribution in [0.25, 0.3) is 0 Å². The van der Waals surface area contributed by atoms with Crippen LogP contribution in [0.2, 0.25) is 0 Å². The summed E-state index contributed by atoms with van der Waals surface area (Å²) >= 11 is 0. The quantitative estimate of drug-likeness (QED) is 0.0975. The summed E-state index contributed by atoms with van der Waals surface area (Å²) in [4.78, 5) is 9.61. The molecule has 12 rings (SSSR count). The molecule has 5 fully saturated rings. The van der Waals surface area contributed by atoms with E-state index in [1.54, 1.807) is 0 Å². The molecule has 2 heterocycles. The van der Waals surface area contributed by atoms with Crippen LogP contribution in [0.15, 0.2) is 108 Å². The molecule has 1 atom stereocenters. The second-order valence-electron chi connectivity index (χ2n) is 26.8. The number of ether oxygens (including phenoxy) is 1. The zero-order chi connectivity index (χ0) is 73.0. The maximum atomic E-state index is 14.2. The van der Waals surface area contributed by atoms with E-state index in [1.165, 1.54) is 81.0 Å². The molecule has 4 nitrogen and oxygen atoms in total. The first-order valence-corrected chi connectivity index (χ1v) is 31.7. The predicted molar refractivity (Wildman–Crippen MR) is 324 cm³/mol. The summed E-state index contributed by atoms with van der Waals surface area (Å²) in [7, 11) is 0. The van der Waals surface area contributed by atoms with E-state index >= 15 is 0 Å². The fourth-order valence-electron chi connectivity index (χ4n) is 14.8. The smallest absolute Gasteiger partial charge is 0.416 e. The average Bonchev–Trinajstić information content (AvgIpc) is 0.827. The van der Waals surface area contributed by atoms with Crippen LogP contribution in [0, 0.1) is 55.5 Å². The summed E-state index contributed by atoms with van der Waals surface area (Å²) in [5.74, 6) is 4.90. The van der Waals surface area contributed by atoms with Gasteiger partial charge in [0.25, 0.3) is 0 Å². The molecule has 2 aliphatic heterocycles. The van der Waals surface area contributed by atoms with E-state index in [-0.39, 0.29) is 20.1 Å². The van der Waals surface area contributed by atoms with Gasteiger partial charge in [-0.05, 0) is 161 Å². The maximum Gasteiger partial charge on any atom is 0.416 e. The zero-order valence-electron chi connectivity index (χ0n) is 53.5. The maximum absolute atomic E-state index is 14.2. The van der Waals surface area contributed by atoms with Crippen molar-refractivity contribution in [2.45, 2.75) is 166 Å². The summed E-state index contributed by atoms with van der Waals surface area (Å²) in [6, 6.07) is -1.79. The Bertz CT molecular complexity index is 3200. The molecule has 5 saturated carbocycles. The Morgan fingerprint density at radius 2 is 0.740 bits per heavy atom. The van der Waals surface area contributed by atoms with Gasteiger partial charge in [0.1, 0.15) is 12.8 Å². The van der Waals surface area contributed by atoms with Crippen LogP contribution in [-0.4, -0.2) is 36.1 Å². The van der Waals surface area contributed by atoms with Crippen molar-refractivity contribution in [1.82, 2.24) is 4.90 Å². The Labute approximate surface area is 575 Å². The molecule has 0 saturated heterocycles. The topological polar surface area (TPSA) is 28.1 Å². The van der Waals surface area contributed by atoms with Crippen LogP contribution in [0.4, 0.5) is 111 Å². The van der Waals surface area contributed by atoms with Crippen LogP contribution in [0.1, 0.15) is 166 Å². The van der Waals surface area contributed by atoms with Crippen LogP contribution >= 0.6 is 0 Å². The van der Waals surface area contributed by atoms with E-state index in [1.807, 2.05) is 0 Å². The van der Waals surface area contributed by atoms with Gasteiger partial charge < -0.3 is 14.5 Å². The third-order valence-electron chi connectivity index (χ3n) is 18.9. The number of alkyl halides is 24. The van der Waals surface area contributed by atoms with Crippen molar-refractivity contribution in [3.8, 4) is 0 Å². The van der Waals surface area contributed by atoms with E-state index in [2.05, 4.69) is 100 Å². The van der Waals surface area contributed by atoms with Gasteiger partial charge in [-0.25, -0.2) is 4.99 Å². The van der Waals surface area contributed by atoms with Crippen molar-refractivity contribution in [3.05, 3.63) is 191 Å². The molecule has 4 bridgehead atoms. The van der Waals surface area contributed by atoms with Gasteiger partial charge >= 0.3 is 49.4 Å². The molecular formula is C70H65BF24IrN3O-. The van der Waals surface area contributed by atoms with E-state index in [0.29, 0.717) is 23.3 Å². The molecule has 30 heteroatoms. The Hall–Kier alpha value is -6.06. The second kappa shape index (κ2) is 29.6. The third-order valence-corrected chi connectivity index (χ3v) is 18.9. The molecule has 5 aromatic carbocycles. The van der Waals surface area contributed by atoms with E-state index in [9.17, 15) is 105 Å². The van der Waals surface area contributed by atoms with Crippen LogP contribution < -0.4 is 26.8 Å².